The minimum atomic E-state index is -0.0463. The van der Waals surface area contributed by atoms with Crippen LogP contribution in [0.3, 0.4) is 0 Å². The van der Waals surface area contributed by atoms with Gasteiger partial charge < -0.3 is 10.4 Å². The number of likely N-dealkylation sites (tertiary alicyclic amines) is 1. The van der Waals surface area contributed by atoms with Gasteiger partial charge in [0.15, 0.2) is 0 Å². The van der Waals surface area contributed by atoms with Crippen LogP contribution in [-0.2, 0) is 0 Å². The van der Waals surface area contributed by atoms with Gasteiger partial charge in [0.1, 0.15) is 0 Å². The van der Waals surface area contributed by atoms with Gasteiger partial charge in [-0.05, 0) is 56.9 Å². The Bertz CT molecular complexity index is 336. The molecule has 0 radical (unpaired) electrons. The average Bonchev–Trinajstić information content (AvgIpc) is 2.99. The van der Waals surface area contributed by atoms with Crippen molar-refractivity contribution in [2.24, 2.45) is 11.8 Å². The molecule has 2 atom stereocenters. The molecule has 3 nitrogen and oxygen atoms in total. The first-order chi connectivity index (χ1) is 10.1. The number of aliphatic hydroxyl groups excluding tert-OH is 1. The highest BCUT2D eigenvalue weighted by Crippen LogP contribution is 2.42. The molecule has 2 aliphatic carbocycles. The van der Waals surface area contributed by atoms with E-state index in [1.807, 2.05) is 0 Å². The molecule has 0 bridgehead atoms. The Hall–Kier alpha value is -0.120. The predicted molar refractivity (Wildman–Crippen MR) is 87.4 cm³/mol. The summed E-state index contributed by atoms with van der Waals surface area (Å²) in [7, 11) is 0. The highest BCUT2D eigenvalue weighted by molar-refractivity contribution is 5.05. The Balaban J connectivity index is 1.68. The van der Waals surface area contributed by atoms with E-state index in [-0.39, 0.29) is 5.54 Å². The van der Waals surface area contributed by atoms with Crippen molar-refractivity contribution < 1.29 is 5.11 Å². The number of nitrogens with zero attached hydrogens (tertiary/aromatic N) is 1. The fraction of sp³-hybridized carbons (Fsp3) is 1.00. The number of nitrogens with one attached hydrogen (secondary N) is 1. The van der Waals surface area contributed by atoms with Crippen LogP contribution in [0.1, 0.15) is 65.2 Å². The SMILES string of the molecule is CC(C)NC(CO)(CN1CCCC1C1CCCC1)C1CC1. The summed E-state index contributed by atoms with van der Waals surface area (Å²) in [6, 6.07) is 1.25. The lowest BCUT2D eigenvalue weighted by Gasteiger charge is -2.41. The lowest BCUT2D eigenvalue weighted by Crippen LogP contribution is -2.61. The van der Waals surface area contributed by atoms with Crippen molar-refractivity contribution in [3.05, 3.63) is 0 Å². The summed E-state index contributed by atoms with van der Waals surface area (Å²) >= 11 is 0. The van der Waals surface area contributed by atoms with Gasteiger partial charge >= 0.3 is 0 Å². The van der Waals surface area contributed by atoms with Crippen molar-refractivity contribution >= 4 is 0 Å². The Morgan fingerprint density at radius 1 is 1.10 bits per heavy atom. The quantitative estimate of drug-likeness (QED) is 0.758. The second kappa shape index (κ2) is 6.55. The fourth-order valence-electron chi connectivity index (χ4n) is 5.01. The zero-order chi connectivity index (χ0) is 14.9. The van der Waals surface area contributed by atoms with Gasteiger partial charge in [0.2, 0.25) is 0 Å². The predicted octanol–water partition coefficient (Wildman–Crippen LogP) is 2.78. The first-order valence-corrected chi connectivity index (χ1v) is 9.27. The summed E-state index contributed by atoms with van der Waals surface area (Å²) in [5.74, 6) is 1.62. The molecule has 1 saturated heterocycles. The molecule has 21 heavy (non-hydrogen) atoms. The van der Waals surface area contributed by atoms with Crippen molar-refractivity contribution in [2.45, 2.75) is 82.8 Å². The fourth-order valence-corrected chi connectivity index (χ4v) is 5.01. The third kappa shape index (κ3) is 3.46. The van der Waals surface area contributed by atoms with E-state index >= 15 is 0 Å². The number of aliphatic hydroxyl groups is 1. The van der Waals surface area contributed by atoms with Crippen molar-refractivity contribution in [1.29, 1.82) is 0 Å². The largest absolute Gasteiger partial charge is 0.394 e. The molecule has 3 fully saturated rings. The van der Waals surface area contributed by atoms with Crippen molar-refractivity contribution in [3.63, 3.8) is 0 Å². The van der Waals surface area contributed by atoms with Crippen molar-refractivity contribution in [1.82, 2.24) is 10.2 Å². The minimum Gasteiger partial charge on any atom is -0.394 e. The summed E-state index contributed by atoms with van der Waals surface area (Å²) in [5.41, 5.74) is -0.0463. The molecule has 0 amide bonds. The van der Waals surface area contributed by atoms with E-state index in [0.29, 0.717) is 18.6 Å². The second-order valence-corrected chi connectivity index (χ2v) is 8.11. The molecule has 2 N–H and O–H groups in total. The molecule has 2 unspecified atom stereocenters. The smallest absolute Gasteiger partial charge is 0.0628 e. The van der Waals surface area contributed by atoms with Crippen LogP contribution in [0.15, 0.2) is 0 Å². The van der Waals surface area contributed by atoms with Crippen molar-refractivity contribution in [3.8, 4) is 0 Å². The Kier molecular flexibility index (Phi) is 4.92. The first-order valence-electron chi connectivity index (χ1n) is 9.27. The lowest BCUT2D eigenvalue weighted by molar-refractivity contribution is 0.0666. The van der Waals surface area contributed by atoms with Crippen LogP contribution in [0.5, 0.6) is 0 Å². The van der Waals surface area contributed by atoms with E-state index in [0.717, 1.165) is 18.5 Å². The molecule has 3 aliphatic rings. The monoisotopic (exact) mass is 294 g/mol. The molecule has 122 valence electrons. The van der Waals surface area contributed by atoms with Crippen molar-refractivity contribution in [2.75, 3.05) is 19.7 Å². The van der Waals surface area contributed by atoms with E-state index in [4.69, 9.17) is 0 Å². The zero-order valence-electron chi connectivity index (χ0n) is 14.0. The number of hydrogen-bond acceptors (Lipinski definition) is 3. The number of hydrogen-bond donors (Lipinski definition) is 2. The second-order valence-electron chi connectivity index (χ2n) is 8.11. The maximum absolute atomic E-state index is 10.2. The van der Waals surface area contributed by atoms with Crippen LogP contribution in [0.25, 0.3) is 0 Å². The normalized spacial score (nSPS) is 31.1. The van der Waals surface area contributed by atoms with Gasteiger partial charge in [-0.2, -0.15) is 0 Å². The van der Waals surface area contributed by atoms with Gasteiger partial charge in [0.05, 0.1) is 12.1 Å². The van der Waals surface area contributed by atoms with Crippen LogP contribution in [-0.4, -0.2) is 47.3 Å². The molecule has 1 heterocycles. The van der Waals surface area contributed by atoms with E-state index in [2.05, 4.69) is 24.1 Å². The Morgan fingerprint density at radius 2 is 1.81 bits per heavy atom. The molecule has 2 saturated carbocycles. The van der Waals surface area contributed by atoms with E-state index < -0.39 is 0 Å². The van der Waals surface area contributed by atoms with E-state index in [1.54, 1.807) is 0 Å². The Labute approximate surface area is 130 Å². The molecule has 0 spiro atoms. The molecule has 0 aromatic heterocycles. The minimum absolute atomic E-state index is 0.0463. The summed E-state index contributed by atoms with van der Waals surface area (Å²) in [6.07, 6.45) is 11.1. The van der Waals surface area contributed by atoms with E-state index in [1.165, 1.54) is 57.9 Å². The summed E-state index contributed by atoms with van der Waals surface area (Å²) < 4.78 is 0. The molecule has 3 rings (SSSR count). The van der Waals surface area contributed by atoms with Gasteiger partial charge in [-0.25, -0.2) is 0 Å². The molecule has 3 heteroatoms. The summed E-state index contributed by atoms with van der Waals surface area (Å²) in [4.78, 5) is 2.74. The lowest BCUT2D eigenvalue weighted by atomic mass is 9.90. The standard InChI is InChI=1S/C18H34N2O/c1-14(2)19-18(13-21,16-9-10-16)12-20-11-5-8-17(20)15-6-3-4-7-15/h14-17,19,21H,3-13H2,1-2H3. The Morgan fingerprint density at radius 3 is 2.38 bits per heavy atom. The van der Waals surface area contributed by atoms with Gasteiger partial charge in [-0.15, -0.1) is 0 Å². The first kappa shape index (κ1) is 15.8. The van der Waals surface area contributed by atoms with Crippen LogP contribution in [0, 0.1) is 11.8 Å². The maximum Gasteiger partial charge on any atom is 0.0628 e. The summed E-state index contributed by atoms with van der Waals surface area (Å²) in [6.45, 7) is 7.03. The average molecular weight is 294 g/mol. The molecular formula is C18H34N2O. The summed E-state index contributed by atoms with van der Waals surface area (Å²) in [5, 5.41) is 13.9. The highest BCUT2D eigenvalue weighted by atomic mass is 16.3. The van der Waals surface area contributed by atoms with Gasteiger partial charge in [-0.1, -0.05) is 26.7 Å². The van der Waals surface area contributed by atoms with Crippen LogP contribution in [0.2, 0.25) is 0 Å². The maximum atomic E-state index is 10.2. The third-order valence-corrected chi connectivity index (χ3v) is 6.06. The van der Waals surface area contributed by atoms with Crippen LogP contribution >= 0.6 is 0 Å². The molecule has 0 aromatic carbocycles. The van der Waals surface area contributed by atoms with Gasteiger partial charge in [0.25, 0.3) is 0 Å². The highest BCUT2D eigenvalue weighted by Gasteiger charge is 2.48. The topological polar surface area (TPSA) is 35.5 Å². The zero-order valence-corrected chi connectivity index (χ0v) is 14.0. The molecular weight excluding hydrogens is 260 g/mol. The molecule has 0 aromatic rings. The third-order valence-electron chi connectivity index (χ3n) is 6.06. The van der Waals surface area contributed by atoms with Gasteiger partial charge in [0, 0.05) is 18.6 Å². The van der Waals surface area contributed by atoms with E-state index in [9.17, 15) is 5.11 Å². The number of rotatable bonds is 7. The van der Waals surface area contributed by atoms with Crippen LogP contribution in [0.4, 0.5) is 0 Å². The van der Waals surface area contributed by atoms with Gasteiger partial charge in [-0.3, -0.25) is 4.90 Å². The molecule has 1 aliphatic heterocycles. The van der Waals surface area contributed by atoms with Crippen LogP contribution < -0.4 is 5.32 Å².